The minimum Gasteiger partial charge on any atom is -0.397 e. The molecule has 1 aromatic carbocycles. The highest BCUT2D eigenvalue weighted by molar-refractivity contribution is 8.00. The Balaban J connectivity index is 0.000000314. The highest BCUT2D eigenvalue weighted by atomic mass is 32.3. The second kappa shape index (κ2) is 13.5. The third kappa shape index (κ3) is 10.7. The number of halogens is 6. The number of hydrogen-bond acceptors (Lipinski definition) is 10. The van der Waals surface area contributed by atoms with Crippen molar-refractivity contribution in [3.05, 3.63) is 23.8 Å². The number of nitrogens with one attached hydrogen (secondary N) is 1. The van der Waals surface area contributed by atoms with E-state index in [4.69, 9.17) is 15.2 Å². The molecule has 2 aliphatic heterocycles. The molecule has 2 heterocycles. The lowest BCUT2D eigenvalue weighted by Crippen LogP contribution is -2.36. The van der Waals surface area contributed by atoms with Gasteiger partial charge in [0.2, 0.25) is 0 Å². The molecular weight excluding hydrogens is 572 g/mol. The van der Waals surface area contributed by atoms with E-state index in [-0.39, 0.29) is 5.41 Å². The summed E-state index contributed by atoms with van der Waals surface area (Å²) in [6.07, 6.45) is 0. The second-order valence-corrected chi connectivity index (χ2v) is 12.1. The van der Waals surface area contributed by atoms with E-state index in [1.807, 2.05) is 3.63 Å². The minimum atomic E-state index is -6.85. The average molecular weight is 604 g/mol. The van der Waals surface area contributed by atoms with Crippen LogP contribution in [0.15, 0.2) is 18.2 Å². The molecule has 2 saturated heterocycles. The van der Waals surface area contributed by atoms with E-state index in [0.717, 1.165) is 64.0 Å². The van der Waals surface area contributed by atoms with Crippen molar-refractivity contribution in [2.45, 2.75) is 37.2 Å². The van der Waals surface area contributed by atoms with Crippen LogP contribution < -0.4 is 16.0 Å². The molecule has 10 nitrogen and oxygen atoms in total. The second-order valence-electron chi connectivity index (χ2n) is 8.85. The van der Waals surface area contributed by atoms with Crippen LogP contribution in [0.25, 0.3) is 0 Å². The maximum Gasteiger partial charge on any atom is 0.524 e. The normalized spacial score (nSPS) is 17.6. The molecule has 1 aromatic rings. The van der Waals surface area contributed by atoms with Crippen molar-refractivity contribution in [2.75, 3.05) is 63.2 Å². The van der Waals surface area contributed by atoms with E-state index in [0.29, 0.717) is 0 Å². The molecule has 2 fully saturated rings. The summed E-state index contributed by atoms with van der Waals surface area (Å²) in [4.78, 5) is 2.30. The van der Waals surface area contributed by atoms with Gasteiger partial charge in [-0.2, -0.15) is 43.2 Å². The molecule has 222 valence electrons. The summed E-state index contributed by atoms with van der Waals surface area (Å²) in [6, 6.07) is 6.42. The van der Waals surface area contributed by atoms with E-state index >= 15 is 0 Å². The molecule has 0 atom stereocenters. The van der Waals surface area contributed by atoms with Crippen LogP contribution in [0.5, 0.6) is 0 Å². The first-order chi connectivity index (χ1) is 17.2. The highest BCUT2D eigenvalue weighted by Gasteiger charge is 2.57. The minimum absolute atomic E-state index is 0.150. The molecule has 3 rings (SSSR count). The fourth-order valence-electron chi connectivity index (χ4n) is 2.82. The van der Waals surface area contributed by atoms with Crippen LogP contribution in [0.1, 0.15) is 26.3 Å². The Hall–Kier alpha value is -1.86. The lowest BCUT2D eigenvalue weighted by Gasteiger charge is -2.30. The Bertz CT molecular complexity index is 1040. The van der Waals surface area contributed by atoms with Crippen LogP contribution in [0.3, 0.4) is 0 Å². The summed E-state index contributed by atoms with van der Waals surface area (Å²) in [5.74, 6) is 0. The third-order valence-electron chi connectivity index (χ3n) is 4.84. The zero-order chi connectivity index (χ0) is 29.4. The van der Waals surface area contributed by atoms with E-state index in [1.54, 1.807) is 0 Å². The molecular formula is C20H31F6N3O7S2. The van der Waals surface area contributed by atoms with Crippen molar-refractivity contribution in [1.82, 2.24) is 5.32 Å². The summed E-state index contributed by atoms with van der Waals surface area (Å²) in [5.41, 5.74) is -2.90. The summed E-state index contributed by atoms with van der Waals surface area (Å²) >= 11 is 0. The third-order valence-corrected chi connectivity index (χ3v) is 7.40. The Morgan fingerprint density at radius 2 is 1.29 bits per heavy atom. The molecule has 0 aliphatic carbocycles. The number of benzene rings is 1. The fraction of sp³-hybridized carbons (Fsp3) is 0.700. The topological polar surface area (TPSA) is 137 Å². The predicted molar refractivity (Wildman–Crippen MR) is 127 cm³/mol. The van der Waals surface area contributed by atoms with Crippen molar-refractivity contribution in [2.24, 2.45) is 0 Å². The number of alkyl halides is 6. The number of anilines is 2. The molecule has 0 spiro atoms. The molecule has 38 heavy (non-hydrogen) atoms. The first kappa shape index (κ1) is 34.2. The standard InChI is InChI=1S/C14H22N2O.C4H9NO.C2F6O5S2/c1-14(2,3)11-4-5-13(12(15)10-11)16-6-8-17-9-7-16;1-3-6-4-2-5-1;3-1(4,5)14(9,10)13-15(11,12)2(6,7)8/h4-5,10H,6-9,15H2,1-3H3;5H,1-4H2;. The van der Waals surface area contributed by atoms with Crippen LogP contribution in [-0.2, 0) is 38.8 Å². The Labute approximate surface area is 217 Å². The summed E-state index contributed by atoms with van der Waals surface area (Å²) in [5, 5.41) is 3.16. The van der Waals surface area contributed by atoms with Crippen molar-refractivity contribution in [1.29, 1.82) is 0 Å². The van der Waals surface area contributed by atoms with Crippen LogP contribution in [-0.4, -0.2) is 80.5 Å². The Kier molecular flexibility index (Phi) is 12.1. The van der Waals surface area contributed by atoms with Gasteiger partial charge in [-0.3, -0.25) is 0 Å². The molecule has 0 saturated carbocycles. The van der Waals surface area contributed by atoms with Gasteiger partial charge < -0.3 is 25.4 Å². The van der Waals surface area contributed by atoms with E-state index in [2.05, 4.69) is 49.2 Å². The predicted octanol–water partition coefficient (Wildman–Crippen LogP) is 2.71. The SMILES string of the molecule is C1COCCN1.CC(C)(C)c1ccc(N2CCOCC2)c(N)c1.O=S(=O)(OS(=O)(=O)C(F)(F)F)C(F)(F)F. The van der Waals surface area contributed by atoms with Crippen LogP contribution >= 0.6 is 0 Å². The maximum absolute atomic E-state index is 11.4. The zero-order valence-electron chi connectivity index (χ0n) is 20.9. The number of hydrogen-bond donors (Lipinski definition) is 2. The summed E-state index contributed by atoms with van der Waals surface area (Å²) in [6.45, 7) is 13.9. The quantitative estimate of drug-likeness (QED) is 0.301. The average Bonchev–Trinajstić information content (AvgIpc) is 2.79. The van der Waals surface area contributed by atoms with E-state index in [1.165, 1.54) is 5.56 Å². The van der Waals surface area contributed by atoms with Crippen LogP contribution in [0.2, 0.25) is 0 Å². The van der Waals surface area contributed by atoms with Crippen molar-refractivity contribution in [3.8, 4) is 0 Å². The smallest absolute Gasteiger partial charge is 0.397 e. The first-order valence-corrected chi connectivity index (χ1v) is 13.9. The molecule has 3 N–H and O–H groups in total. The van der Waals surface area contributed by atoms with Gasteiger partial charge in [0, 0.05) is 26.2 Å². The van der Waals surface area contributed by atoms with Crippen LogP contribution in [0, 0.1) is 0 Å². The van der Waals surface area contributed by atoms with Gasteiger partial charge in [0.05, 0.1) is 37.8 Å². The number of morpholine rings is 2. The molecule has 18 heteroatoms. The lowest BCUT2D eigenvalue weighted by molar-refractivity contribution is -0.0585. The largest absolute Gasteiger partial charge is 0.524 e. The first-order valence-electron chi connectivity index (χ1n) is 11.0. The molecule has 0 unspecified atom stereocenters. The molecule has 2 aliphatic rings. The van der Waals surface area contributed by atoms with Gasteiger partial charge in [-0.15, -0.1) is 3.63 Å². The maximum atomic E-state index is 11.4. The molecule has 0 aromatic heterocycles. The van der Waals surface area contributed by atoms with Gasteiger partial charge in [0.15, 0.2) is 0 Å². The van der Waals surface area contributed by atoms with Crippen molar-refractivity contribution < 1.29 is 56.3 Å². The lowest BCUT2D eigenvalue weighted by atomic mass is 9.86. The number of nitrogen functional groups attached to an aromatic ring is 1. The summed E-state index contributed by atoms with van der Waals surface area (Å²) in [7, 11) is -13.7. The van der Waals surface area contributed by atoms with Gasteiger partial charge in [0.1, 0.15) is 0 Å². The van der Waals surface area contributed by atoms with Gasteiger partial charge in [0.25, 0.3) is 0 Å². The number of nitrogens with zero attached hydrogens (tertiary/aromatic N) is 1. The zero-order valence-corrected chi connectivity index (χ0v) is 22.5. The molecule has 0 bridgehead atoms. The van der Waals surface area contributed by atoms with Gasteiger partial charge >= 0.3 is 31.3 Å². The van der Waals surface area contributed by atoms with Gasteiger partial charge in [-0.05, 0) is 23.1 Å². The van der Waals surface area contributed by atoms with E-state index in [9.17, 15) is 43.2 Å². The Morgan fingerprint density at radius 3 is 1.61 bits per heavy atom. The number of ether oxygens (including phenoxy) is 2. The van der Waals surface area contributed by atoms with Gasteiger partial charge in [-0.1, -0.05) is 26.8 Å². The Morgan fingerprint density at radius 1 is 0.842 bits per heavy atom. The van der Waals surface area contributed by atoms with E-state index < -0.39 is 31.3 Å². The van der Waals surface area contributed by atoms with Gasteiger partial charge in [-0.25, -0.2) is 0 Å². The number of rotatable bonds is 3. The summed E-state index contributed by atoms with van der Waals surface area (Å²) < 4.78 is 120. The molecule has 0 amide bonds. The van der Waals surface area contributed by atoms with Crippen molar-refractivity contribution >= 4 is 31.6 Å². The molecule has 0 radical (unpaired) electrons. The number of nitrogens with two attached hydrogens (primary N) is 1. The highest BCUT2D eigenvalue weighted by Crippen LogP contribution is 2.32. The van der Waals surface area contributed by atoms with Crippen LogP contribution in [0.4, 0.5) is 37.7 Å². The fourth-order valence-corrected chi connectivity index (χ4v) is 4.38. The van der Waals surface area contributed by atoms with Crippen molar-refractivity contribution in [3.63, 3.8) is 0 Å². The monoisotopic (exact) mass is 603 g/mol.